The molecule has 1 rings (SSSR count). The summed E-state index contributed by atoms with van der Waals surface area (Å²) in [7, 11) is 0. The first kappa shape index (κ1) is 11.6. The number of hydrogen-bond acceptors (Lipinski definition) is 4. The number of carbonyl (C=O) groups excluding carboxylic acids is 2. The van der Waals surface area contributed by atoms with Crippen molar-refractivity contribution in [2.24, 2.45) is 0 Å². The molecule has 0 unspecified atom stereocenters. The second-order valence-electron chi connectivity index (χ2n) is 2.82. The summed E-state index contributed by atoms with van der Waals surface area (Å²) in [6, 6.07) is 3.80. The maximum Gasteiger partial charge on any atom is 0.270 e. The highest BCUT2D eigenvalue weighted by Gasteiger charge is 2.08. The van der Waals surface area contributed by atoms with Crippen LogP contribution in [-0.2, 0) is 4.79 Å². The molecule has 0 N–H and O–H groups in total. The van der Waals surface area contributed by atoms with Gasteiger partial charge < -0.3 is 4.79 Å². The largest absolute Gasteiger partial charge is 0.302 e. The highest BCUT2D eigenvalue weighted by Crippen LogP contribution is 2.15. The molecule has 80 valence electrons. The van der Waals surface area contributed by atoms with Gasteiger partial charge in [0, 0.05) is 23.3 Å². The summed E-state index contributed by atoms with van der Waals surface area (Å²) in [5.41, 5.74) is 0.359. The summed E-state index contributed by atoms with van der Waals surface area (Å²) in [4.78, 5) is 30.6. The Morgan fingerprint density at radius 1 is 1.38 bits per heavy atom. The van der Waals surface area contributed by atoms with Crippen LogP contribution in [-0.4, -0.2) is 17.5 Å². The lowest BCUT2D eigenvalue weighted by Gasteiger charge is -1.96. The lowest BCUT2D eigenvalue weighted by atomic mass is 10.1. The smallest absolute Gasteiger partial charge is 0.270 e. The van der Waals surface area contributed by atoms with Gasteiger partial charge in [-0.1, -0.05) is 11.8 Å². The summed E-state index contributed by atoms with van der Waals surface area (Å²) in [5.74, 6) is 5.12. The molecular weight excluding hydrogens is 210 g/mol. The Hall–Kier alpha value is -2.48. The second-order valence-corrected chi connectivity index (χ2v) is 2.82. The van der Waals surface area contributed by atoms with E-state index in [0.29, 0.717) is 18.1 Å². The summed E-state index contributed by atoms with van der Waals surface area (Å²) >= 11 is 0. The molecule has 0 radical (unpaired) electrons. The third-order valence-corrected chi connectivity index (χ3v) is 1.78. The van der Waals surface area contributed by atoms with Crippen molar-refractivity contribution in [3.8, 4) is 11.8 Å². The van der Waals surface area contributed by atoms with Crippen LogP contribution in [0.1, 0.15) is 22.3 Å². The molecule has 0 bridgehead atoms. The number of hydrogen-bond donors (Lipinski definition) is 0. The van der Waals surface area contributed by atoms with Crippen molar-refractivity contribution in [2.75, 3.05) is 0 Å². The maximum absolute atomic E-state index is 10.7. The Balaban J connectivity index is 3.13. The van der Waals surface area contributed by atoms with E-state index >= 15 is 0 Å². The molecule has 0 spiro atoms. The van der Waals surface area contributed by atoms with E-state index < -0.39 is 4.92 Å². The van der Waals surface area contributed by atoms with Gasteiger partial charge in [0.15, 0.2) is 6.29 Å². The van der Waals surface area contributed by atoms with Gasteiger partial charge in [0.25, 0.3) is 5.69 Å². The van der Waals surface area contributed by atoms with Crippen molar-refractivity contribution in [3.63, 3.8) is 0 Å². The van der Waals surface area contributed by atoms with Crippen molar-refractivity contribution in [2.45, 2.75) is 6.42 Å². The van der Waals surface area contributed by atoms with E-state index in [9.17, 15) is 19.7 Å². The predicted octanol–water partition coefficient (Wildman–Crippen LogP) is 1.35. The molecule has 0 fully saturated rings. The third kappa shape index (κ3) is 2.75. The number of nitro benzene ring substituents is 1. The van der Waals surface area contributed by atoms with Crippen molar-refractivity contribution in [1.29, 1.82) is 0 Å². The van der Waals surface area contributed by atoms with Gasteiger partial charge in [-0.25, -0.2) is 0 Å². The lowest BCUT2D eigenvalue weighted by molar-refractivity contribution is -0.384. The predicted molar refractivity (Wildman–Crippen MR) is 56.0 cm³/mol. The molecular formula is C11H7NO4. The molecule has 0 aromatic heterocycles. The van der Waals surface area contributed by atoms with E-state index in [4.69, 9.17) is 0 Å². The molecule has 0 aliphatic carbocycles. The Labute approximate surface area is 91.2 Å². The van der Waals surface area contributed by atoms with Crippen molar-refractivity contribution in [3.05, 3.63) is 39.4 Å². The van der Waals surface area contributed by atoms with Gasteiger partial charge in [-0.2, -0.15) is 0 Å². The fraction of sp³-hybridized carbons (Fsp3) is 0.0909. The van der Waals surface area contributed by atoms with Crippen LogP contribution in [0.25, 0.3) is 0 Å². The van der Waals surface area contributed by atoms with Crippen LogP contribution in [0.2, 0.25) is 0 Å². The van der Waals surface area contributed by atoms with Gasteiger partial charge in [0.2, 0.25) is 0 Å². The highest BCUT2D eigenvalue weighted by atomic mass is 16.6. The number of nitro groups is 1. The lowest BCUT2D eigenvalue weighted by Crippen LogP contribution is -1.93. The molecule has 0 aliphatic heterocycles. The monoisotopic (exact) mass is 217 g/mol. The highest BCUT2D eigenvalue weighted by molar-refractivity contribution is 5.80. The van der Waals surface area contributed by atoms with E-state index in [-0.39, 0.29) is 17.7 Å². The van der Waals surface area contributed by atoms with Crippen LogP contribution in [0, 0.1) is 22.0 Å². The average molecular weight is 217 g/mol. The first-order chi connectivity index (χ1) is 7.69. The Morgan fingerprint density at radius 2 is 2.12 bits per heavy atom. The van der Waals surface area contributed by atoms with Crippen molar-refractivity contribution in [1.82, 2.24) is 0 Å². The number of carbonyl (C=O) groups is 2. The minimum absolute atomic E-state index is 0.0648. The Kier molecular flexibility index (Phi) is 3.92. The van der Waals surface area contributed by atoms with Gasteiger partial charge in [0.1, 0.15) is 6.29 Å². The van der Waals surface area contributed by atoms with Crippen LogP contribution in [0.3, 0.4) is 0 Å². The quantitative estimate of drug-likeness (QED) is 0.331. The van der Waals surface area contributed by atoms with E-state index in [0.717, 1.165) is 6.07 Å². The minimum Gasteiger partial charge on any atom is -0.302 e. The zero-order valence-electron chi connectivity index (χ0n) is 8.17. The number of aldehydes is 2. The van der Waals surface area contributed by atoms with Gasteiger partial charge in [-0.05, 0) is 6.07 Å². The number of nitrogens with zero attached hydrogens (tertiary/aromatic N) is 1. The average Bonchev–Trinajstić information content (AvgIpc) is 2.29. The molecule has 1 aromatic rings. The molecule has 0 heterocycles. The van der Waals surface area contributed by atoms with Crippen molar-refractivity contribution < 1.29 is 14.5 Å². The van der Waals surface area contributed by atoms with E-state index in [1.54, 1.807) is 0 Å². The molecule has 0 saturated heterocycles. The van der Waals surface area contributed by atoms with Crippen LogP contribution in [0.4, 0.5) is 5.69 Å². The van der Waals surface area contributed by atoms with Crippen molar-refractivity contribution >= 4 is 18.3 Å². The van der Waals surface area contributed by atoms with E-state index in [1.165, 1.54) is 12.1 Å². The summed E-state index contributed by atoms with van der Waals surface area (Å²) < 4.78 is 0. The molecule has 5 nitrogen and oxygen atoms in total. The van der Waals surface area contributed by atoms with Gasteiger partial charge in [-0.3, -0.25) is 14.9 Å². The molecule has 0 amide bonds. The summed E-state index contributed by atoms with van der Waals surface area (Å²) in [6.45, 7) is 0. The number of non-ortho nitro benzene ring substituents is 1. The Bertz CT molecular complexity index is 496. The first-order valence-electron chi connectivity index (χ1n) is 4.35. The fourth-order valence-electron chi connectivity index (χ4n) is 1.06. The minimum atomic E-state index is -0.588. The third-order valence-electron chi connectivity index (χ3n) is 1.78. The number of rotatable bonds is 3. The topological polar surface area (TPSA) is 77.3 Å². The SMILES string of the molecule is O=CCC#Cc1ccc([N+](=O)[O-])cc1C=O. The van der Waals surface area contributed by atoms with Gasteiger partial charge >= 0.3 is 0 Å². The molecule has 5 heteroatoms. The second kappa shape index (κ2) is 5.41. The van der Waals surface area contributed by atoms with Crippen LogP contribution >= 0.6 is 0 Å². The normalized spacial score (nSPS) is 8.75. The molecule has 0 aliphatic rings. The van der Waals surface area contributed by atoms with E-state index in [2.05, 4.69) is 11.8 Å². The molecule has 1 aromatic carbocycles. The van der Waals surface area contributed by atoms with E-state index in [1.807, 2.05) is 0 Å². The fourth-order valence-corrected chi connectivity index (χ4v) is 1.06. The van der Waals surface area contributed by atoms with Crippen LogP contribution < -0.4 is 0 Å². The zero-order valence-corrected chi connectivity index (χ0v) is 8.17. The van der Waals surface area contributed by atoms with Gasteiger partial charge in [0.05, 0.1) is 11.3 Å². The standard InChI is InChI=1S/C11H7NO4/c13-6-2-1-3-9-4-5-11(12(15)16)7-10(9)8-14/h4-8H,2H2. The molecule has 0 atom stereocenters. The van der Waals surface area contributed by atoms with Gasteiger partial charge in [-0.15, -0.1) is 0 Å². The molecule has 16 heavy (non-hydrogen) atoms. The summed E-state index contributed by atoms with van der Waals surface area (Å²) in [5, 5.41) is 10.4. The summed E-state index contributed by atoms with van der Waals surface area (Å²) in [6.07, 6.45) is 1.20. The van der Waals surface area contributed by atoms with Crippen LogP contribution in [0.5, 0.6) is 0 Å². The molecule has 0 saturated carbocycles. The Morgan fingerprint density at radius 3 is 2.69 bits per heavy atom. The van der Waals surface area contributed by atoms with Crippen LogP contribution in [0.15, 0.2) is 18.2 Å². The maximum atomic E-state index is 10.7. The number of benzene rings is 1. The first-order valence-corrected chi connectivity index (χ1v) is 4.35. The zero-order chi connectivity index (χ0) is 12.0.